The van der Waals surface area contributed by atoms with Crippen molar-refractivity contribution >= 4 is 11.6 Å². The molecule has 1 aliphatic rings. The van der Waals surface area contributed by atoms with Gasteiger partial charge in [-0.3, -0.25) is 4.79 Å². The number of nitriles is 1. The fraction of sp³-hybridized carbons (Fsp3) is 0.273. The summed E-state index contributed by atoms with van der Waals surface area (Å²) in [7, 11) is 0. The maximum Gasteiger partial charge on any atom is 0.267 e. The number of amides is 1. The topological polar surface area (TPSA) is 83.4 Å². The van der Waals surface area contributed by atoms with Gasteiger partial charge in [0.25, 0.3) is 5.91 Å². The number of carbonyl (C=O) groups is 1. The molecule has 0 spiro atoms. The van der Waals surface area contributed by atoms with E-state index in [2.05, 4.69) is 24.5 Å². The van der Waals surface area contributed by atoms with E-state index in [1.165, 1.54) is 6.20 Å². The molecular formula is C22H23N3O3. The second-order valence-corrected chi connectivity index (χ2v) is 6.77. The summed E-state index contributed by atoms with van der Waals surface area (Å²) in [5.41, 5.74) is 1.73. The molecule has 6 heteroatoms. The van der Waals surface area contributed by atoms with Crippen molar-refractivity contribution < 1.29 is 14.3 Å². The first-order chi connectivity index (χ1) is 13.6. The van der Waals surface area contributed by atoms with Crippen LogP contribution in [-0.2, 0) is 4.79 Å². The van der Waals surface area contributed by atoms with Crippen LogP contribution in [0.5, 0.6) is 11.5 Å². The van der Waals surface area contributed by atoms with E-state index in [0.717, 1.165) is 11.3 Å². The van der Waals surface area contributed by atoms with Crippen LogP contribution in [0.4, 0.5) is 5.69 Å². The molecule has 3 rings (SSSR count). The van der Waals surface area contributed by atoms with Crippen LogP contribution in [0.3, 0.4) is 0 Å². The number of nitrogens with one attached hydrogen (secondary N) is 2. The summed E-state index contributed by atoms with van der Waals surface area (Å²) in [6.07, 6.45) is 1.20. The van der Waals surface area contributed by atoms with Crippen molar-refractivity contribution in [3.8, 4) is 17.6 Å². The predicted octanol–water partition coefficient (Wildman–Crippen LogP) is 3.59. The number of para-hydroxylation sites is 3. The third-order valence-corrected chi connectivity index (χ3v) is 4.36. The lowest BCUT2D eigenvalue weighted by molar-refractivity contribution is -0.112. The Kier molecular flexibility index (Phi) is 6.18. The van der Waals surface area contributed by atoms with E-state index in [1.54, 1.807) is 0 Å². The molecule has 0 aromatic heterocycles. The van der Waals surface area contributed by atoms with Gasteiger partial charge in [-0.2, -0.15) is 5.26 Å². The van der Waals surface area contributed by atoms with Crippen molar-refractivity contribution in [3.05, 3.63) is 65.9 Å². The van der Waals surface area contributed by atoms with Gasteiger partial charge in [0, 0.05) is 11.9 Å². The lowest BCUT2D eigenvalue weighted by atomic mass is 10.0. The molecule has 0 bridgehead atoms. The highest BCUT2D eigenvalue weighted by atomic mass is 16.6. The van der Waals surface area contributed by atoms with Crippen molar-refractivity contribution in [1.82, 2.24) is 5.32 Å². The molecule has 1 atom stereocenters. The van der Waals surface area contributed by atoms with Crippen LogP contribution >= 0.6 is 0 Å². The number of carbonyl (C=O) groups excluding carboxylic acids is 1. The van der Waals surface area contributed by atoms with Crippen LogP contribution in [0.1, 0.15) is 25.3 Å². The molecule has 2 N–H and O–H groups in total. The summed E-state index contributed by atoms with van der Waals surface area (Å²) in [5, 5.41) is 15.2. The van der Waals surface area contributed by atoms with Gasteiger partial charge in [-0.05, 0) is 29.7 Å². The molecule has 28 heavy (non-hydrogen) atoms. The summed E-state index contributed by atoms with van der Waals surface area (Å²) in [6, 6.07) is 17.0. The van der Waals surface area contributed by atoms with Gasteiger partial charge in [0.2, 0.25) is 0 Å². The first kappa shape index (κ1) is 19.3. The van der Waals surface area contributed by atoms with Crippen molar-refractivity contribution in [2.75, 3.05) is 18.5 Å². The minimum Gasteiger partial charge on any atom is -0.486 e. The molecule has 1 aliphatic heterocycles. The zero-order valence-electron chi connectivity index (χ0n) is 15.9. The Morgan fingerprint density at radius 1 is 1.21 bits per heavy atom. The Balaban J connectivity index is 1.59. The number of hydrogen-bond acceptors (Lipinski definition) is 5. The Hall–Kier alpha value is -3.46. The quantitative estimate of drug-likeness (QED) is 0.594. The average molecular weight is 377 g/mol. The van der Waals surface area contributed by atoms with E-state index in [4.69, 9.17) is 9.47 Å². The van der Waals surface area contributed by atoms with Gasteiger partial charge in [0.05, 0.1) is 6.54 Å². The minimum absolute atomic E-state index is 0.00399. The molecule has 0 radical (unpaired) electrons. The second kappa shape index (κ2) is 8.96. The number of rotatable bonds is 6. The number of fused-ring (bicyclic) bond motifs is 1. The maximum atomic E-state index is 12.5. The van der Waals surface area contributed by atoms with Crippen LogP contribution in [-0.4, -0.2) is 25.2 Å². The van der Waals surface area contributed by atoms with Gasteiger partial charge < -0.3 is 20.1 Å². The highest BCUT2D eigenvalue weighted by molar-refractivity contribution is 6.06. The van der Waals surface area contributed by atoms with Crippen molar-refractivity contribution in [2.45, 2.75) is 25.9 Å². The molecule has 1 amide bonds. The summed E-state index contributed by atoms with van der Waals surface area (Å²) in [4.78, 5) is 12.5. The number of nitrogens with zero attached hydrogens (tertiary/aromatic N) is 1. The van der Waals surface area contributed by atoms with Gasteiger partial charge >= 0.3 is 0 Å². The van der Waals surface area contributed by atoms with Crippen LogP contribution in [0.2, 0.25) is 0 Å². The summed E-state index contributed by atoms with van der Waals surface area (Å²) in [6.45, 7) is 4.92. The lowest BCUT2D eigenvalue weighted by Crippen LogP contribution is -2.37. The molecule has 2 aromatic carbocycles. The zero-order chi connectivity index (χ0) is 19.9. The second-order valence-electron chi connectivity index (χ2n) is 6.77. The van der Waals surface area contributed by atoms with Crippen LogP contribution < -0.4 is 20.1 Å². The third-order valence-electron chi connectivity index (χ3n) is 4.36. The maximum absolute atomic E-state index is 12.5. The van der Waals surface area contributed by atoms with Gasteiger partial charge in [-0.1, -0.05) is 44.2 Å². The van der Waals surface area contributed by atoms with E-state index >= 15 is 0 Å². The number of ether oxygens (including phenoxy) is 2. The van der Waals surface area contributed by atoms with Gasteiger partial charge in [0.15, 0.2) is 11.5 Å². The number of anilines is 1. The largest absolute Gasteiger partial charge is 0.486 e. The smallest absolute Gasteiger partial charge is 0.267 e. The molecule has 1 unspecified atom stereocenters. The van der Waals surface area contributed by atoms with Crippen LogP contribution in [0.25, 0.3) is 0 Å². The zero-order valence-corrected chi connectivity index (χ0v) is 15.9. The number of benzene rings is 2. The van der Waals surface area contributed by atoms with Crippen molar-refractivity contribution in [2.24, 2.45) is 0 Å². The van der Waals surface area contributed by atoms with Gasteiger partial charge in [-0.25, -0.2) is 0 Å². The summed E-state index contributed by atoms with van der Waals surface area (Å²) in [5.74, 6) is 1.22. The monoisotopic (exact) mass is 377 g/mol. The van der Waals surface area contributed by atoms with E-state index < -0.39 is 5.91 Å². The highest BCUT2D eigenvalue weighted by Crippen LogP contribution is 2.30. The van der Waals surface area contributed by atoms with E-state index in [0.29, 0.717) is 24.6 Å². The molecule has 0 saturated carbocycles. The van der Waals surface area contributed by atoms with Gasteiger partial charge in [0.1, 0.15) is 24.4 Å². The van der Waals surface area contributed by atoms with Crippen molar-refractivity contribution in [3.63, 3.8) is 0 Å². The molecule has 1 heterocycles. The minimum atomic E-state index is -0.450. The normalized spacial score (nSPS) is 15.6. The first-order valence-corrected chi connectivity index (χ1v) is 9.21. The molecule has 144 valence electrons. The highest BCUT2D eigenvalue weighted by Gasteiger charge is 2.20. The number of hydrogen-bond donors (Lipinski definition) is 2. The Morgan fingerprint density at radius 2 is 1.93 bits per heavy atom. The standard InChI is InChI=1S/C22H23N3O3/c1-15(2)18-7-3-4-8-19(18)25-22(26)16(11-23)12-24-13-17-14-27-20-9-5-6-10-21(20)28-17/h3-10,12,15,17,24H,13-14H2,1-2H3,(H,25,26)/b16-12-. The first-order valence-electron chi connectivity index (χ1n) is 9.21. The summed E-state index contributed by atoms with van der Waals surface area (Å²) < 4.78 is 11.5. The SMILES string of the molecule is CC(C)c1ccccc1NC(=O)/C(C#N)=C\NCC1COc2ccccc2O1. The molecule has 0 aliphatic carbocycles. The third kappa shape index (κ3) is 4.63. The summed E-state index contributed by atoms with van der Waals surface area (Å²) >= 11 is 0. The van der Waals surface area contributed by atoms with Gasteiger partial charge in [-0.15, -0.1) is 0 Å². The fourth-order valence-corrected chi connectivity index (χ4v) is 2.91. The molecule has 0 fully saturated rings. The van der Waals surface area contributed by atoms with Crippen molar-refractivity contribution in [1.29, 1.82) is 5.26 Å². The Morgan fingerprint density at radius 3 is 2.68 bits per heavy atom. The van der Waals surface area contributed by atoms with Crippen LogP contribution in [0, 0.1) is 11.3 Å². The van der Waals surface area contributed by atoms with Crippen LogP contribution in [0.15, 0.2) is 60.3 Å². The Labute approximate surface area is 164 Å². The average Bonchev–Trinajstić information content (AvgIpc) is 2.71. The fourth-order valence-electron chi connectivity index (χ4n) is 2.91. The molecular weight excluding hydrogens is 354 g/mol. The van der Waals surface area contributed by atoms with E-state index in [9.17, 15) is 10.1 Å². The molecule has 6 nitrogen and oxygen atoms in total. The Bertz CT molecular complexity index is 915. The molecule has 2 aromatic rings. The lowest BCUT2D eigenvalue weighted by Gasteiger charge is -2.26. The van der Waals surface area contributed by atoms with E-state index in [1.807, 2.05) is 54.6 Å². The van der Waals surface area contributed by atoms with E-state index in [-0.39, 0.29) is 17.6 Å². The predicted molar refractivity (Wildman–Crippen MR) is 107 cm³/mol. The molecule has 0 saturated heterocycles.